The molecule has 2 amide bonds. The van der Waals surface area contributed by atoms with Crippen LogP contribution in [-0.4, -0.2) is 48.6 Å². The summed E-state index contributed by atoms with van der Waals surface area (Å²) >= 11 is 0. The summed E-state index contributed by atoms with van der Waals surface area (Å²) < 4.78 is 19.4. The molecule has 2 aliphatic heterocycles. The number of hydrogen-bond donors (Lipinski definition) is 0. The third-order valence-corrected chi connectivity index (χ3v) is 6.53. The Morgan fingerprint density at radius 1 is 0.879 bits per heavy atom. The Kier molecular flexibility index (Phi) is 5.68. The number of ether oxygens (including phenoxy) is 1. The summed E-state index contributed by atoms with van der Waals surface area (Å²) in [5, 5.41) is 0. The van der Waals surface area contributed by atoms with Crippen molar-refractivity contribution in [1.29, 1.82) is 0 Å². The zero-order chi connectivity index (χ0) is 22.8. The van der Waals surface area contributed by atoms with Gasteiger partial charge in [-0.25, -0.2) is 4.39 Å². The van der Waals surface area contributed by atoms with Crippen molar-refractivity contribution in [3.63, 3.8) is 0 Å². The highest BCUT2D eigenvalue weighted by molar-refractivity contribution is 5.95. The van der Waals surface area contributed by atoms with E-state index < -0.39 is 11.5 Å². The quantitative estimate of drug-likeness (QED) is 0.612. The summed E-state index contributed by atoms with van der Waals surface area (Å²) in [6, 6.07) is 25.5. The average Bonchev–Trinajstić information content (AvgIpc) is 3.27. The van der Waals surface area contributed by atoms with Gasteiger partial charge in [0.05, 0.1) is 19.0 Å². The van der Waals surface area contributed by atoms with Crippen LogP contribution in [0.25, 0.3) is 0 Å². The minimum absolute atomic E-state index is 0.0260. The summed E-state index contributed by atoms with van der Waals surface area (Å²) in [4.78, 5) is 29.8. The molecule has 5 nitrogen and oxygen atoms in total. The number of nitrogens with zero attached hydrogens (tertiary/aromatic N) is 2. The Morgan fingerprint density at radius 3 is 2.09 bits per heavy atom. The minimum atomic E-state index is -0.629. The molecule has 0 N–H and O–H groups in total. The predicted molar refractivity (Wildman–Crippen MR) is 123 cm³/mol. The van der Waals surface area contributed by atoms with Crippen LogP contribution in [0.1, 0.15) is 23.5 Å². The van der Waals surface area contributed by atoms with Crippen molar-refractivity contribution < 1.29 is 18.7 Å². The Hall–Kier alpha value is -3.51. The van der Waals surface area contributed by atoms with Gasteiger partial charge in [-0.1, -0.05) is 60.7 Å². The zero-order valence-corrected chi connectivity index (χ0v) is 18.2. The van der Waals surface area contributed by atoms with Crippen molar-refractivity contribution in [1.82, 2.24) is 4.90 Å². The van der Waals surface area contributed by atoms with Gasteiger partial charge in [-0.15, -0.1) is 0 Å². The molecule has 2 aliphatic rings. The molecule has 6 heteroatoms. The van der Waals surface area contributed by atoms with Crippen molar-refractivity contribution in [3.05, 3.63) is 102 Å². The Morgan fingerprint density at radius 2 is 1.48 bits per heavy atom. The second-order valence-electron chi connectivity index (χ2n) is 8.69. The van der Waals surface area contributed by atoms with Crippen LogP contribution in [-0.2, 0) is 14.3 Å². The van der Waals surface area contributed by atoms with E-state index in [1.54, 1.807) is 17.0 Å². The Labute approximate surface area is 192 Å². The SMILES string of the molecule is O=C(C(c1ccccc1)c1ccccc1)N1CCC2(C1)CN(c1ccc(F)cc1)C(=O)CO2. The van der Waals surface area contributed by atoms with Gasteiger partial charge >= 0.3 is 0 Å². The van der Waals surface area contributed by atoms with Crippen LogP contribution in [0.15, 0.2) is 84.9 Å². The summed E-state index contributed by atoms with van der Waals surface area (Å²) in [6.45, 7) is 1.25. The molecule has 168 valence electrons. The van der Waals surface area contributed by atoms with E-state index in [9.17, 15) is 14.0 Å². The molecule has 0 bridgehead atoms. The molecule has 33 heavy (non-hydrogen) atoms. The van der Waals surface area contributed by atoms with Crippen LogP contribution in [0.2, 0.25) is 0 Å². The van der Waals surface area contributed by atoms with Crippen molar-refractivity contribution in [2.45, 2.75) is 17.9 Å². The van der Waals surface area contributed by atoms with E-state index in [0.717, 1.165) is 11.1 Å². The van der Waals surface area contributed by atoms with Crippen LogP contribution < -0.4 is 4.90 Å². The van der Waals surface area contributed by atoms with Gasteiger partial charge in [-0.3, -0.25) is 9.59 Å². The zero-order valence-electron chi connectivity index (χ0n) is 18.2. The number of carbonyl (C=O) groups excluding carboxylic acids is 2. The van der Waals surface area contributed by atoms with Crippen molar-refractivity contribution >= 4 is 17.5 Å². The molecule has 5 rings (SSSR count). The van der Waals surface area contributed by atoms with Crippen molar-refractivity contribution in [2.24, 2.45) is 0 Å². The molecule has 1 atom stereocenters. The summed E-state index contributed by atoms with van der Waals surface area (Å²) in [5.41, 5.74) is 1.90. The summed E-state index contributed by atoms with van der Waals surface area (Å²) in [5.74, 6) is -0.887. The van der Waals surface area contributed by atoms with Gasteiger partial charge in [-0.2, -0.15) is 0 Å². The molecular weight excluding hydrogens is 419 g/mol. The van der Waals surface area contributed by atoms with Crippen LogP contribution in [0.5, 0.6) is 0 Å². The van der Waals surface area contributed by atoms with Gasteiger partial charge in [-0.05, 0) is 41.8 Å². The third-order valence-electron chi connectivity index (χ3n) is 6.53. The number of anilines is 1. The molecule has 0 saturated carbocycles. The maximum Gasteiger partial charge on any atom is 0.253 e. The molecule has 0 aliphatic carbocycles. The number of halogens is 1. The van der Waals surface area contributed by atoms with Crippen LogP contribution in [0, 0.1) is 5.82 Å². The van der Waals surface area contributed by atoms with Gasteiger partial charge in [0.15, 0.2) is 0 Å². The molecule has 2 heterocycles. The van der Waals surface area contributed by atoms with E-state index in [0.29, 0.717) is 31.7 Å². The maximum absolute atomic E-state index is 13.8. The molecular formula is C27H25FN2O3. The molecule has 3 aromatic rings. The smallest absolute Gasteiger partial charge is 0.253 e. The predicted octanol–water partition coefficient (Wildman–Crippen LogP) is 3.99. The minimum Gasteiger partial charge on any atom is -0.361 e. The normalized spacial score (nSPS) is 20.6. The number of likely N-dealkylation sites (tertiary alicyclic amines) is 1. The molecule has 1 spiro atoms. The fraction of sp³-hybridized carbons (Fsp3) is 0.259. The van der Waals surface area contributed by atoms with Crippen LogP contribution >= 0.6 is 0 Å². The first-order chi connectivity index (χ1) is 16.0. The number of benzene rings is 3. The molecule has 1 unspecified atom stereocenters. The Balaban J connectivity index is 1.38. The lowest BCUT2D eigenvalue weighted by atomic mass is 9.90. The summed E-state index contributed by atoms with van der Waals surface area (Å²) in [7, 11) is 0. The molecule has 0 radical (unpaired) electrons. The van der Waals surface area contributed by atoms with Gasteiger partial charge in [0.2, 0.25) is 5.91 Å². The first-order valence-electron chi connectivity index (χ1n) is 11.1. The highest BCUT2D eigenvalue weighted by atomic mass is 19.1. The highest BCUT2D eigenvalue weighted by Crippen LogP contribution is 2.35. The highest BCUT2D eigenvalue weighted by Gasteiger charge is 2.47. The fourth-order valence-electron chi connectivity index (χ4n) is 4.80. The third kappa shape index (κ3) is 4.26. The topological polar surface area (TPSA) is 49.9 Å². The van der Waals surface area contributed by atoms with Gasteiger partial charge in [0.1, 0.15) is 18.0 Å². The lowest BCUT2D eigenvalue weighted by Gasteiger charge is -2.40. The second-order valence-corrected chi connectivity index (χ2v) is 8.69. The number of morpholine rings is 1. The van der Waals surface area contributed by atoms with Crippen molar-refractivity contribution in [2.75, 3.05) is 31.1 Å². The van der Waals surface area contributed by atoms with Crippen molar-refractivity contribution in [3.8, 4) is 0 Å². The second kappa shape index (κ2) is 8.79. The average molecular weight is 445 g/mol. The lowest BCUT2D eigenvalue weighted by Crippen LogP contribution is -2.56. The molecule has 2 fully saturated rings. The number of carbonyl (C=O) groups is 2. The van der Waals surface area contributed by atoms with Crippen LogP contribution in [0.3, 0.4) is 0 Å². The largest absolute Gasteiger partial charge is 0.361 e. The van der Waals surface area contributed by atoms with E-state index in [4.69, 9.17) is 4.74 Å². The molecule has 3 aromatic carbocycles. The van der Waals surface area contributed by atoms with Gasteiger partial charge < -0.3 is 14.5 Å². The molecule has 2 saturated heterocycles. The standard InChI is InChI=1S/C27H25FN2O3/c28-22-11-13-23(14-12-22)30-19-27(33-17-24(30)31)15-16-29(18-27)26(32)25(20-7-3-1-4-8-20)21-9-5-2-6-10-21/h1-14,25H,15-19H2. The maximum atomic E-state index is 13.8. The van der Waals surface area contributed by atoms with E-state index in [1.807, 2.05) is 65.6 Å². The lowest BCUT2D eigenvalue weighted by molar-refractivity contribution is -0.139. The number of amides is 2. The van der Waals surface area contributed by atoms with Gasteiger partial charge in [0.25, 0.3) is 5.91 Å². The van der Waals surface area contributed by atoms with E-state index in [2.05, 4.69) is 0 Å². The number of rotatable bonds is 4. The molecule has 0 aromatic heterocycles. The van der Waals surface area contributed by atoms with E-state index in [-0.39, 0.29) is 24.2 Å². The van der Waals surface area contributed by atoms with Crippen LogP contribution in [0.4, 0.5) is 10.1 Å². The monoisotopic (exact) mass is 444 g/mol. The van der Waals surface area contributed by atoms with E-state index in [1.165, 1.54) is 12.1 Å². The Bertz CT molecular complexity index is 1100. The first kappa shape index (κ1) is 21.3. The first-order valence-corrected chi connectivity index (χ1v) is 11.1. The van der Waals surface area contributed by atoms with Gasteiger partial charge in [0, 0.05) is 12.2 Å². The number of hydrogen-bond acceptors (Lipinski definition) is 3. The van der Waals surface area contributed by atoms with E-state index >= 15 is 0 Å². The summed E-state index contributed by atoms with van der Waals surface area (Å²) in [6.07, 6.45) is 0.639. The fourth-order valence-corrected chi connectivity index (χ4v) is 4.80.